The molecule has 2 aliphatic heterocycles. The number of aromatic amines is 1. The fourth-order valence-electron chi connectivity index (χ4n) is 5.05. The number of imidazole rings is 1. The van der Waals surface area contributed by atoms with Gasteiger partial charge in [-0.15, -0.1) is 0 Å². The third kappa shape index (κ3) is 3.41. The number of nitrogens with zero attached hydrogens (tertiary/aromatic N) is 2. The van der Waals surface area contributed by atoms with Crippen LogP contribution < -0.4 is 19.7 Å². The number of ether oxygens (including phenoxy) is 3. The standard InChI is InChI=1S/C25H28N4O4/c1-14(30)13-25(2)22-21(33-22)20(23-27-18-8-6-7-9-19(18)28-23)24(26-3)29(25)15-10-16(31-4)12-17(11-15)32-5/h6-12,21-22,26H,13H2,1-5H3,(H,27,28). The maximum atomic E-state index is 12.4. The molecule has 0 saturated carbocycles. The Kier molecular flexibility index (Phi) is 5.05. The highest BCUT2D eigenvalue weighted by Gasteiger charge is 2.62. The minimum absolute atomic E-state index is 0.0919. The number of rotatable bonds is 7. The van der Waals surface area contributed by atoms with Crippen LogP contribution in [0, 0.1) is 0 Å². The van der Waals surface area contributed by atoms with E-state index in [0.717, 1.165) is 33.9 Å². The van der Waals surface area contributed by atoms with E-state index in [2.05, 4.69) is 22.1 Å². The third-order valence-corrected chi connectivity index (χ3v) is 6.46. The number of carbonyl (C=O) groups excluding carboxylic acids is 1. The summed E-state index contributed by atoms with van der Waals surface area (Å²) in [5.41, 5.74) is 3.00. The Balaban J connectivity index is 1.75. The molecule has 2 N–H and O–H groups in total. The molecule has 172 valence electrons. The van der Waals surface area contributed by atoms with Crippen molar-refractivity contribution >= 4 is 28.1 Å². The number of ketones is 1. The van der Waals surface area contributed by atoms with Gasteiger partial charge in [0, 0.05) is 31.7 Å². The van der Waals surface area contributed by atoms with Crippen molar-refractivity contribution < 1.29 is 19.0 Å². The van der Waals surface area contributed by atoms with Crippen molar-refractivity contribution in [1.82, 2.24) is 15.3 Å². The maximum absolute atomic E-state index is 12.4. The van der Waals surface area contributed by atoms with Crippen molar-refractivity contribution in [3.05, 3.63) is 54.1 Å². The largest absolute Gasteiger partial charge is 0.497 e. The van der Waals surface area contributed by atoms with Gasteiger partial charge in [-0.1, -0.05) is 12.1 Å². The fourth-order valence-corrected chi connectivity index (χ4v) is 5.05. The van der Waals surface area contributed by atoms with E-state index in [0.29, 0.717) is 17.9 Å². The van der Waals surface area contributed by atoms with Crippen LogP contribution in [0.5, 0.6) is 11.5 Å². The maximum Gasteiger partial charge on any atom is 0.140 e. The van der Waals surface area contributed by atoms with E-state index in [1.54, 1.807) is 21.1 Å². The summed E-state index contributed by atoms with van der Waals surface area (Å²) in [5.74, 6) is 2.99. The van der Waals surface area contributed by atoms with Gasteiger partial charge in [-0.2, -0.15) is 0 Å². The van der Waals surface area contributed by atoms with E-state index < -0.39 is 5.54 Å². The lowest BCUT2D eigenvalue weighted by molar-refractivity contribution is -0.118. The molecular weight excluding hydrogens is 420 g/mol. The monoisotopic (exact) mass is 448 g/mol. The molecule has 5 rings (SSSR count). The van der Waals surface area contributed by atoms with Crippen LogP contribution in [0.1, 0.15) is 26.1 Å². The normalized spacial score (nSPS) is 24.0. The van der Waals surface area contributed by atoms with Crippen molar-refractivity contribution in [2.75, 3.05) is 26.2 Å². The van der Waals surface area contributed by atoms with E-state index in [1.165, 1.54) is 0 Å². The zero-order chi connectivity index (χ0) is 23.3. The minimum atomic E-state index is -0.609. The van der Waals surface area contributed by atoms with Gasteiger partial charge in [-0.25, -0.2) is 4.98 Å². The molecule has 3 heterocycles. The van der Waals surface area contributed by atoms with Crippen LogP contribution in [0.15, 0.2) is 48.3 Å². The number of para-hydroxylation sites is 2. The number of hydrogen-bond donors (Lipinski definition) is 2. The summed E-state index contributed by atoms with van der Waals surface area (Å²) in [6.07, 6.45) is -0.00763. The van der Waals surface area contributed by atoms with Crippen LogP contribution in [0.3, 0.4) is 0 Å². The lowest BCUT2D eigenvalue weighted by Gasteiger charge is -2.45. The zero-order valence-electron chi connectivity index (χ0n) is 19.4. The highest BCUT2D eigenvalue weighted by molar-refractivity contribution is 5.86. The van der Waals surface area contributed by atoms with Crippen molar-refractivity contribution in [3.8, 4) is 11.5 Å². The third-order valence-electron chi connectivity index (χ3n) is 6.46. The minimum Gasteiger partial charge on any atom is -0.497 e. The molecule has 0 bridgehead atoms. The van der Waals surface area contributed by atoms with E-state index in [9.17, 15) is 4.79 Å². The number of H-pyrrole nitrogens is 1. The van der Waals surface area contributed by atoms with Gasteiger partial charge in [0.15, 0.2) is 0 Å². The van der Waals surface area contributed by atoms with Crippen LogP contribution >= 0.6 is 0 Å². The van der Waals surface area contributed by atoms with Crippen LogP contribution in [-0.4, -0.2) is 54.8 Å². The second-order valence-corrected chi connectivity index (χ2v) is 8.73. The highest BCUT2D eigenvalue weighted by Crippen LogP contribution is 2.53. The van der Waals surface area contributed by atoms with Crippen LogP contribution in [-0.2, 0) is 9.53 Å². The van der Waals surface area contributed by atoms with Crippen LogP contribution in [0.25, 0.3) is 16.6 Å². The Morgan fingerprint density at radius 2 is 1.91 bits per heavy atom. The fraction of sp³-hybridized carbons (Fsp3) is 0.360. The Morgan fingerprint density at radius 3 is 2.52 bits per heavy atom. The lowest BCUT2D eigenvalue weighted by atomic mass is 9.82. The molecule has 0 radical (unpaired) electrons. The average Bonchev–Trinajstić information content (AvgIpc) is 3.49. The number of epoxide rings is 1. The van der Waals surface area contributed by atoms with Gasteiger partial charge in [0.05, 0.1) is 42.1 Å². The first-order valence-electron chi connectivity index (χ1n) is 10.9. The number of methoxy groups -OCH3 is 2. The Labute approximate surface area is 192 Å². The number of fused-ring (bicyclic) bond motifs is 2. The average molecular weight is 449 g/mol. The molecule has 0 spiro atoms. The summed E-state index contributed by atoms with van der Waals surface area (Å²) >= 11 is 0. The Hall–Kier alpha value is -3.52. The van der Waals surface area contributed by atoms with E-state index in [1.807, 2.05) is 49.5 Å². The molecule has 0 aliphatic carbocycles. The van der Waals surface area contributed by atoms with Gasteiger partial charge in [0.1, 0.15) is 41.1 Å². The predicted molar refractivity (Wildman–Crippen MR) is 126 cm³/mol. The number of carbonyl (C=O) groups is 1. The highest BCUT2D eigenvalue weighted by atomic mass is 16.6. The number of anilines is 1. The smallest absolute Gasteiger partial charge is 0.140 e. The van der Waals surface area contributed by atoms with Crippen molar-refractivity contribution in [2.45, 2.75) is 38.0 Å². The lowest BCUT2D eigenvalue weighted by Crippen LogP contribution is -2.57. The number of aromatic nitrogens is 2. The Morgan fingerprint density at radius 1 is 1.21 bits per heavy atom. The molecule has 2 aromatic carbocycles. The molecule has 8 nitrogen and oxygen atoms in total. The second-order valence-electron chi connectivity index (χ2n) is 8.73. The molecule has 0 amide bonds. The number of nitrogens with one attached hydrogen (secondary N) is 2. The summed E-state index contributed by atoms with van der Waals surface area (Å²) in [6.45, 7) is 3.68. The molecule has 33 heavy (non-hydrogen) atoms. The summed E-state index contributed by atoms with van der Waals surface area (Å²) in [7, 11) is 5.12. The van der Waals surface area contributed by atoms with Gasteiger partial charge >= 0.3 is 0 Å². The first-order chi connectivity index (χ1) is 15.9. The van der Waals surface area contributed by atoms with Crippen LogP contribution in [0.2, 0.25) is 0 Å². The Bertz CT molecular complexity index is 1210. The molecule has 2 aliphatic rings. The topological polar surface area (TPSA) is 92.0 Å². The van der Waals surface area contributed by atoms with Gasteiger partial charge < -0.3 is 29.4 Å². The molecule has 1 fully saturated rings. The van der Waals surface area contributed by atoms with Gasteiger partial charge in [-0.3, -0.25) is 4.79 Å². The van der Waals surface area contributed by atoms with Crippen molar-refractivity contribution in [2.24, 2.45) is 0 Å². The van der Waals surface area contributed by atoms with E-state index in [4.69, 9.17) is 19.2 Å². The number of benzene rings is 2. The van der Waals surface area contributed by atoms with Gasteiger partial charge in [0.25, 0.3) is 0 Å². The van der Waals surface area contributed by atoms with Gasteiger partial charge in [-0.05, 0) is 26.0 Å². The predicted octanol–water partition coefficient (Wildman–Crippen LogP) is 3.49. The van der Waals surface area contributed by atoms with Gasteiger partial charge in [0.2, 0.25) is 0 Å². The van der Waals surface area contributed by atoms with Crippen molar-refractivity contribution in [3.63, 3.8) is 0 Å². The molecule has 1 saturated heterocycles. The summed E-state index contributed by atoms with van der Waals surface area (Å²) in [4.78, 5) is 22.8. The summed E-state index contributed by atoms with van der Waals surface area (Å²) in [5, 5.41) is 3.38. The van der Waals surface area contributed by atoms with Crippen LogP contribution in [0.4, 0.5) is 5.69 Å². The summed E-state index contributed by atoms with van der Waals surface area (Å²) < 4.78 is 17.3. The number of Topliss-reactive ketones (excluding diaryl/α,β-unsaturated/α-hetero) is 1. The quantitative estimate of drug-likeness (QED) is 0.535. The van der Waals surface area contributed by atoms with Crippen molar-refractivity contribution in [1.29, 1.82) is 0 Å². The first-order valence-corrected chi connectivity index (χ1v) is 10.9. The van der Waals surface area contributed by atoms with E-state index >= 15 is 0 Å². The molecule has 3 aromatic rings. The molecular formula is C25H28N4O4. The molecule has 1 aromatic heterocycles. The molecule has 3 unspecified atom stereocenters. The first kappa shape index (κ1) is 21.3. The molecule has 8 heteroatoms. The molecule has 3 atom stereocenters. The zero-order valence-corrected chi connectivity index (χ0v) is 19.4. The second kappa shape index (κ2) is 7.81. The summed E-state index contributed by atoms with van der Waals surface area (Å²) in [6, 6.07) is 13.6. The number of hydrogen-bond acceptors (Lipinski definition) is 7. The van der Waals surface area contributed by atoms with E-state index in [-0.39, 0.29) is 18.0 Å². The SMILES string of the molecule is CNC1=C(c2nc3ccccc3[nH]2)C2OC2C(C)(CC(C)=O)N1c1cc(OC)cc(OC)c1.